The fourth-order valence-corrected chi connectivity index (χ4v) is 4.11. The predicted molar refractivity (Wildman–Crippen MR) is 121 cm³/mol. The second-order valence-electron chi connectivity index (χ2n) is 8.52. The van der Waals surface area contributed by atoms with E-state index in [-0.39, 0.29) is 30.6 Å². The maximum Gasteiger partial charge on any atom is 0.433 e. The summed E-state index contributed by atoms with van der Waals surface area (Å²) < 4.78 is 46.6. The number of rotatable bonds is 6. The van der Waals surface area contributed by atoms with Gasteiger partial charge < -0.3 is 15.0 Å². The molecular formula is C24H26F3N5O3. The second-order valence-corrected chi connectivity index (χ2v) is 8.52. The number of likely N-dealkylation sites (tertiary alicyclic amines) is 1. The topological polar surface area (TPSA) is 88.8 Å². The molecule has 3 aromatic rings. The van der Waals surface area contributed by atoms with Crippen molar-refractivity contribution in [3.63, 3.8) is 0 Å². The van der Waals surface area contributed by atoms with Gasteiger partial charge in [0.25, 0.3) is 0 Å². The van der Waals surface area contributed by atoms with Gasteiger partial charge in [0.1, 0.15) is 18.3 Å². The number of ether oxygens (including phenoxy) is 1. The molecule has 1 N–H and O–H groups in total. The molecule has 2 atom stereocenters. The monoisotopic (exact) mass is 489 g/mol. The first-order valence-corrected chi connectivity index (χ1v) is 11.4. The quantitative estimate of drug-likeness (QED) is 0.567. The summed E-state index contributed by atoms with van der Waals surface area (Å²) in [6, 6.07) is 10.9. The molecule has 35 heavy (non-hydrogen) atoms. The maximum atomic E-state index is 13.5. The lowest BCUT2D eigenvalue weighted by atomic mass is 10.1. The molecule has 3 heterocycles. The van der Waals surface area contributed by atoms with Crippen LogP contribution in [0.2, 0.25) is 0 Å². The van der Waals surface area contributed by atoms with E-state index in [1.54, 1.807) is 24.8 Å². The van der Waals surface area contributed by atoms with Crippen LogP contribution in [0.5, 0.6) is 0 Å². The van der Waals surface area contributed by atoms with Gasteiger partial charge in [-0.3, -0.25) is 4.79 Å². The number of amides is 2. The fraction of sp³-hybridized carbons (Fsp3) is 0.417. The molecule has 186 valence electrons. The second kappa shape index (κ2) is 9.93. The molecule has 1 aliphatic heterocycles. The third-order valence-corrected chi connectivity index (χ3v) is 5.99. The first-order chi connectivity index (χ1) is 16.7. The molecule has 0 saturated carbocycles. The summed E-state index contributed by atoms with van der Waals surface area (Å²) >= 11 is 0. The highest BCUT2D eigenvalue weighted by Gasteiger charge is 2.36. The van der Waals surface area contributed by atoms with Crippen molar-refractivity contribution >= 4 is 17.6 Å². The number of nitrogens with one attached hydrogen (secondary N) is 1. The first-order valence-electron chi connectivity index (χ1n) is 11.4. The highest BCUT2D eigenvalue weighted by atomic mass is 19.4. The lowest BCUT2D eigenvalue weighted by Crippen LogP contribution is -2.46. The van der Waals surface area contributed by atoms with Crippen molar-refractivity contribution in [3.05, 3.63) is 65.1 Å². The summed E-state index contributed by atoms with van der Waals surface area (Å²) in [7, 11) is 0. The van der Waals surface area contributed by atoms with Gasteiger partial charge in [0, 0.05) is 30.8 Å². The van der Waals surface area contributed by atoms with Crippen LogP contribution in [0.3, 0.4) is 0 Å². The highest BCUT2D eigenvalue weighted by Crippen LogP contribution is 2.32. The highest BCUT2D eigenvalue weighted by molar-refractivity contribution is 5.85. The lowest BCUT2D eigenvalue weighted by molar-refractivity contribution is -0.142. The Bertz CT molecular complexity index is 1210. The zero-order valence-corrected chi connectivity index (χ0v) is 19.4. The number of benzene rings is 1. The van der Waals surface area contributed by atoms with E-state index in [1.807, 2.05) is 30.3 Å². The number of aromatic nitrogens is 3. The smallest absolute Gasteiger partial charge is 0.433 e. The molecule has 1 aromatic carbocycles. The van der Waals surface area contributed by atoms with Gasteiger partial charge in [0.15, 0.2) is 5.65 Å². The van der Waals surface area contributed by atoms with Crippen molar-refractivity contribution in [3.8, 4) is 0 Å². The molecule has 11 heteroatoms. The number of hydrogen-bond acceptors (Lipinski definition) is 5. The predicted octanol–water partition coefficient (Wildman–Crippen LogP) is 3.94. The van der Waals surface area contributed by atoms with E-state index < -0.39 is 24.0 Å². The number of hydrogen-bond donors (Lipinski definition) is 1. The number of nitrogens with zero attached hydrogens (tertiary/aromatic N) is 4. The average molecular weight is 489 g/mol. The van der Waals surface area contributed by atoms with Crippen LogP contribution in [0.1, 0.15) is 48.8 Å². The minimum absolute atomic E-state index is 0.0843. The van der Waals surface area contributed by atoms with Gasteiger partial charge in [-0.25, -0.2) is 14.3 Å². The van der Waals surface area contributed by atoms with Crippen LogP contribution in [0, 0.1) is 0 Å². The molecule has 1 fully saturated rings. The number of fused-ring (bicyclic) bond motifs is 1. The van der Waals surface area contributed by atoms with Gasteiger partial charge in [-0.05, 0) is 31.4 Å². The summed E-state index contributed by atoms with van der Waals surface area (Å²) in [5.74, 6) is -0.528. The van der Waals surface area contributed by atoms with Gasteiger partial charge in [-0.1, -0.05) is 37.3 Å². The van der Waals surface area contributed by atoms with Crippen LogP contribution in [-0.4, -0.2) is 50.6 Å². The minimum atomic E-state index is -4.57. The molecule has 1 aliphatic rings. The van der Waals surface area contributed by atoms with E-state index in [0.29, 0.717) is 30.8 Å². The van der Waals surface area contributed by atoms with Crippen molar-refractivity contribution < 1.29 is 27.5 Å². The summed E-state index contributed by atoms with van der Waals surface area (Å²) in [6.07, 6.45) is -4.36. The van der Waals surface area contributed by atoms with Crippen LogP contribution in [0.4, 0.5) is 18.0 Å². The third kappa shape index (κ3) is 5.55. The summed E-state index contributed by atoms with van der Waals surface area (Å²) in [4.78, 5) is 30.8. The summed E-state index contributed by atoms with van der Waals surface area (Å²) in [5, 5.41) is 6.72. The van der Waals surface area contributed by atoms with Crippen LogP contribution in [-0.2, 0) is 28.7 Å². The molecule has 0 unspecified atom stereocenters. The number of carbonyl (C=O) groups excluding carboxylic acids is 2. The maximum absolute atomic E-state index is 13.5. The number of halogens is 3. The Balaban J connectivity index is 1.39. The molecular weight excluding hydrogens is 463 g/mol. The molecule has 0 radical (unpaired) electrons. The van der Waals surface area contributed by atoms with Crippen molar-refractivity contribution in [2.75, 3.05) is 13.1 Å². The van der Waals surface area contributed by atoms with Gasteiger partial charge >= 0.3 is 12.3 Å². The first kappa shape index (κ1) is 24.5. The van der Waals surface area contributed by atoms with Crippen molar-refractivity contribution in [2.45, 2.75) is 51.4 Å². The number of carbonyl (C=O) groups is 2. The number of alkyl halides is 3. The van der Waals surface area contributed by atoms with Crippen molar-refractivity contribution in [1.29, 1.82) is 0 Å². The Hall–Kier alpha value is -3.63. The van der Waals surface area contributed by atoms with Crippen LogP contribution < -0.4 is 5.32 Å². The van der Waals surface area contributed by atoms with Gasteiger partial charge in [0.2, 0.25) is 5.91 Å². The van der Waals surface area contributed by atoms with Crippen LogP contribution in [0.15, 0.2) is 42.5 Å². The number of alkyl carbamates (subject to hydrolysis) is 1. The van der Waals surface area contributed by atoms with Crippen LogP contribution >= 0.6 is 0 Å². The van der Waals surface area contributed by atoms with Crippen molar-refractivity contribution in [2.24, 2.45) is 0 Å². The zero-order valence-electron chi connectivity index (χ0n) is 19.4. The SMILES string of the molecule is CCc1cc(C(F)(F)F)n2nc([C@@H]3CCN(C(=O)[C@@H](C)NC(=O)OCc4ccccc4)C3)cc2n1. The fourth-order valence-electron chi connectivity index (χ4n) is 4.11. The van der Waals surface area contributed by atoms with Gasteiger partial charge in [-0.2, -0.15) is 18.3 Å². The Labute approximate surface area is 200 Å². The molecule has 1 saturated heterocycles. The van der Waals surface area contributed by atoms with Crippen molar-refractivity contribution in [1.82, 2.24) is 24.8 Å². The van der Waals surface area contributed by atoms with E-state index in [1.165, 1.54) is 0 Å². The van der Waals surface area contributed by atoms with E-state index in [4.69, 9.17) is 4.74 Å². The summed E-state index contributed by atoms with van der Waals surface area (Å²) in [5.41, 5.74) is 0.870. The largest absolute Gasteiger partial charge is 0.445 e. The standard InChI is InChI=1S/C24H26F3N5O3/c1-3-18-11-20(24(25,26)27)32-21(29-18)12-19(30-32)17-9-10-31(13-17)22(33)15(2)28-23(34)35-14-16-7-5-4-6-8-16/h4-8,11-12,15,17H,3,9-10,13-14H2,1-2H3,(H,28,34)/t15-,17-/m1/s1. The molecule has 2 aromatic heterocycles. The Morgan fingerprint density at radius 1 is 1.23 bits per heavy atom. The minimum Gasteiger partial charge on any atom is -0.445 e. The molecule has 4 rings (SSSR count). The molecule has 0 aliphatic carbocycles. The van der Waals surface area contributed by atoms with E-state index in [9.17, 15) is 22.8 Å². The Morgan fingerprint density at radius 3 is 2.66 bits per heavy atom. The van der Waals surface area contributed by atoms with E-state index in [2.05, 4.69) is 15.4 Å². The van der Waals surface area contributed by atoms with E-state index in [0.717, 1.165) is 16.1 Å². The van der Waals surface area contributed by atoms with E-state index >= 15 is 0 Å². The normalized spacial score (nSPS) is 16.9. The average Bonchev–Trinajstić information content (AvgIpc) is 3.48. The zero-order chi connectivity index (χ0) is 25.2. The van der Waals surface area contributed by atoms with Gasteiger partial charge in [-0.15, -0.1) is 0 Å². The molecule has 0 bridgehead atoms. The summed E-state index contributed by atoms with van der Waals surface area (Å²) in [6.45, 7) is 4.08. The third-order valence-electron chi connectivity index (χ3n) is 5.99. The molecule has 2 amide bonds. The number of aryl methyl sites for hydroxylation is 1. The van der Waals surface area contributed by atoms with Gasteiger partial charge in [0.05, 0.1) is 5.69 Å². The lowest BCUT2D eigenvalue weighted by Gasteiger charge is -2.21. The van der Waals surface area contributed by atoms with Crippen LogP contribution in [0.25, 0.3) is 5.65 Å². The Kier molecular flexibility index (Phi) is 6.95. The molecule has 0 spiro atoms. The molecule has 8 nitrogen and oxygen atoms in total. The Morgan fingerprint density at radius 2 is 1.97 bits per heavy atom.